The van der Waals surface area contributed by atoms with E-state index in [1.54, 1.807) is 13.2 Å². The highest BCUT2D eigenvalue weighted by Gasteiger charge is 2.20. The molecule has 1 aromatic carbocycles. The van der Waals surface area contributed by atoms with Gasteiger partial charge in [-0.25, -0.2) is 4.68 Å². The Morgan fingerprint density at radius 3 is 2.41 bits per heavy atom. The van der Waals surface area contributed by atoms with E-state index in [0.29, 0.717) is 36.1 Å². The quantitative estimate of drug-likeness (QED) is 0.262. The summed E-state index contributed by atoms with van der Waals surface area (Å²) in [6.45, 7) is 13.4. The van der Waals surface area contributed by atoms with E-state index in [9.17, 15) is 4.79 Å². The second kappa shape index (κ2) is 13.1. The maximum atomic E-state index is 13.3. The molecule has 0 aliphatic heterocycles. The first kappa shape index (κ1) is 30.3. The predicted molar refractivity (Wildman–Crippen MR) is 145 cm³/mol. The minimum Gasteiger partial charge on any atom is -0.493 e. The Labute approximate surface area is 225 Å². The fraction of sp³-hybridized carbons (Fsp3) is 0.556. The lowest BCUT2D eigenvalue weighted by atomic mass is 9.85. The monoisotopic (exact) mass is 533 g/mol. The minimum absolute atomic E-state index is 0. The third kappa shape index (κ3) is 7.55. The zero-order valence-corrected chi connectivity index (χ0v) is 23.8. The van der Waals surface area contributed by atoms with Gasteiger partial charge in [-0.3, -0.25) is 10.2 Å². The van der Waals surface area contributed by atoms with Crippen molar-refractivity contribution in [2.45, 2.75) is 78.9 Å². The molecule has 0 saturated heterocycles. The highest BCUT2D eigenvalue weighted by molar-refractivity contribution is 5.96. The highest BCUT2D eigenvalue weighted by atomic mass is 35.5. The number of hydrogen-bond acceptors (Lipinski definition) is 7. The zero-order chi connectivity index (χ0) is 26.5. The molecular formula is C27H40ClN5O4. The number of fused-ring (bicyclic) bond motifs is 1. The van der Waals surface area contributed by atoms with E-state index in [4.69, 9.17) is 19.6 Å². The average Bonchev–Trinajstić information content (AvgIpc) is 3.13. The third-order valence-corrected chi connectivity index (χ3v) is 6.10. The largest absolute Gasteiger partial charge is 0.493 e. The zero-order valence-electron chi connectivity index (χ0n) is 23.0. The van der Waals surface area contributed by atoms with Crippen LogP contribution in [-0.2, 0) is 16.7 Å². The van der Waals surface area contributed by atoms with Crippen LogP contribution in [0.25, 0.3) is 5.65 Å². The van der Waals surface area contributed by atoms with Crippen LogP contribution in [0.15, 0.2) is 24.3 Å². The fourth-order valence-electron chi connectivity index (χ4n) is 3.78. The minimum atomic E-state index is -0.162. The molecule has 0 saturated carbocycles. The van der Waals surface area contributed by atoms with Gasteiger partial charge in [0.05, 0.1) is 12.7 Å². The Morgan fingerprint density at radius 1 is 1.08 bits per heavy atom. The number of halogens is 1. The number of rotatable bonds is 12. The number of aryl methyl sites for hydroxylation is 1. The first-order valence-electron chi connectivity index (χ1n) is 12.6. The van der Waals surface area contributed by atoms with Crippen LogP contribution < -0.4 is 15.1 Å². The van der Waals surface area contributed by atoms with E-state index in [1.807, 2.05) is 25.1 Å². The van der Waals surface area contributed by atoms with E-state index in [-0.39, 0.29) is 41.9 Å². The molecule has 1 N–H and O–H groups in total. The molecule has 37 heavy (non-hydrogen) atoms. The number of carbonyl (C=O) groups is 1. The SMILES string of the molecule is CCC(CC)Oc1nn2c(=N)n(CC(=O)c3cc(OCCCOC)cc(C(C)(C)C)c3)nc2cc1C.Cl. The number of nitrogens with zero attached hydrogens (tertiary/aromatic N) is 4. The number of carbonyl (C=O) groups excluding carboxylic acids is 1. The Bertz CT molecular complexity index is 1260. The molecule has 10 heteroatoms. The number of ketones is 1. The van der Waals surface area contributed by atoms with Crippen molar-refractivity contribution in [1.82, 2.24) is 19.4 Å². The molecule has 9 nitrogen and oxygen atoms in total. The molecule has 0 fully saturated rings. The standard InChI is InChI=1S/C27H39N5O4.ClH/c1-8-21(9-2)36-25-18(3)13-24-29-31(26(28)32(24)30-25)17-23(33)19-14-20(27(4,5)6)16-22(15-19)35-12-10-11-34-7;/h13-16,21,28H,8-12,17H2,1-7H3;1H. The molecule has 0 aliphatic rings. The van der Waals surface area contributed by atoms with Gasteiger partial charge in [0.2, 0.25) is 11.5 Å². The summed E-state index contributed by atoms with van der Waals surface area (Å²) in [6.07, 6.45) is 2.55. The Balaban J connectivity index is 0.00000481. The van der Waals surface area contributed by atoms with Crippen molar-refractivity contribution in [2.24, 2.45) is 0 Å². The van der Waals surface area contributed by atoms with Crippen LogP contribution in [0.4, 0.5) is 0 Å². The van der Waals surface area contributed by atoms with Crippen molar-refractivity contribution in [2.75, 3.05) is 20.3 Å². The molecule has 2 heterocycles. The molecule has 0 radical (unpaired) electrons. The van der Waals surface area contributed by atoms with Crippen LogP contribution >= 0.6 is 12.4 Å². The summed E-state index contributed by atoms with van der Waals surface area (Å²) in [5.74, 6) is 0.970. The Kier molecular flexibility index (Phi) is 10.7. The summed E-state index contributed by atoms with van der Waals surface area (Å²) in [6, 6.07) is 7.46. The molecule has 3 rings (SSSR count). The van der Waals surface area contributed by atoms with Crippen molar-refractivity contribution in [3.8, 4) is 11.6 Å². The average molecular weight is 534 g/mol. The molecule has 0 atom stereocenters. The van der Waals surface area contributed by atoms with Crippen LogP contribution in [0.3, 0.4) is 0 Å². The number of hydrogen-bond donors (Lipinski definition) is 1. The smallest absolute Gasteiger partial charge is 0.242 e. The molecule has 204 valence electrons. The van der Waals surface area contributed by atoms with Gasteiger partial charge >= 0.3 is 0 Å². The third-order valence-electron chi connectivity index (χ3n) is 6.10. The first-order valence-corrected chi connectivity index (χ1v) is 12.6. The van der Waals surface area contributed by atoms with Gasteiger partial charge in [0.15, 0.2) is 11.4 Å². The number of nitrogens with one attached hydrogen (secondary N) is 1. The lowest BCUT2D eigenvalue weighted by Crippen LogP contribution is -2.27. The van der Waals surface area contributed by atoms with E-state index < -0.39 is 0 Å². The van der Waals surface area contributed by atoms with Crippen LogP contribution in [0.5, 0.6) is 11.6 Å². The van der Waals surface area contributed by atoms with Gasteiger partial charge in [0.1, 0.15) is 12.3 Å². The summed E-state index contributed by atoms with van der Waals surface area (Å²) in [5.41, 5.74) is 2.70. The first-order chi connectivity index (χ1) is 17.1. The molecule has 2 aromatic heterocycles. The number of aromatic nitrogens is 4. The lowest BCUT2D eigenvalue weighted by Gasteiger charge is -2.21. The fourth-order valence-corrected chi connectivity index (χ4v) is 3.78. The summed E-state index contributed by atoms with van der Waals surface area (Å²) in [4.78, 5) is 13.3. The number of methoxy groups -OCH3 is 1. The van der Waals surface area contributed by atoms with E-state index in [1.165, 1.54) is 9.20 Å². The summed E-state index contributed by atoms with van der Waals surface area (Å²) >= 11 is 0. The Morgan fingerprint density at radius 2 is 1.78 bits per heavy atom. The lowest BCUT2D eigenvalue weighted by molar-refractivity contribution is 0.0964. The van der Waals surface area contributed by atoms with E-state index in [0.717, 1.165) is 30.4 Å². The van der Waals surface area contributed by atoms with Crippen molar-refractivity contribution in [3.63, 3.8) is 0 Å². The Hall–Kier alpha value is -2.91. The topological polar surface area (TPSA) is 104 Å². The van der Waals surface area contributed by atoms with Gasteiger partial charge in [0, 0.05) is 31.3 Å². The van der Waals surface area contributed by atoms with E-state index in [2.05, 4.69) is 44.8 Å². The number of ether oxygens (including phenoxy) is 3. The van der Waals surface area contributed by atoms with Gasteiger partial charge in [-0.05, 0) is 55.0 Å². The van der Waals surface area contributed by atoms with Gasteiger partial charge in [-0.1, -0.05) is 34.6 Å². The van der Waals surface area contributed by atoms with Gasteiger partial charge < -0.3 is 14.2 Å². The van der Waals surface area contributed by atoms with Crippen LogP contribution in [-0.4, -0.2) is 51.6 Å². The number of benzene rings is 1. The predicted octanol–water partition coefficient (Wildman–Crippen LogP) is 4.90. The van der Waals surface area contributed by atoms with Crippen LogP contribution in [0.2, 0.25) is 0 Å². The molecule has 0 unspecified atom stereocenters. The second-order valence-electron chi connectivity index (χ2n) is 10.1. The second-order valence-corrected chi connectivity index (χ2v) is 10.1. The molecule has 0 amide bonds. The highest BCUT2D eigenvalue weighted by Crippen LogP contribution is 2.28. The maximum absolute atomic E-state index is 13.3. The van der Waals surface area contributed by atoms with Crippen molar-refractivity contribution < 1.29 is 19.0 Å². The number of Topliss-reactive ketones (excluding diaryl/α,β-unsaturated/α-hetero) is 1. The van der Waals surface area contributed by atoms with Gasteiger partial charge in [0.25, 0.3) is 0 Å². The summed E-state index contributed by atoms with van der Waals surface area (Å²) < 4.78 is 19.8. The summed E-state index contributed by atoms with van der Waals surface area (Å²) in [7, 11) is 1.66. The van der Waals surface area contributed by atoms with Crippen LogP contribution in [0, 0.1) is 12.3 Å². The molecule has 0 spiro atoms. The van der Waals surface area contributed by atoms with Crippen LogP contribution in [0.1, 0.15) is 75.4 Å². The normalized spacial score (nSPS) is 11.6. The molecule has 0 aliphatic carbocycles. The van der Waals surface area contributed by atoms with E-state index >= 15 is 0 Å². The van der Waals surface area contributed by atoms with Crippen molar-refractivity contribution >= 4 is 23.8 Å². The van der Waals surface area contributed by atoms with Crippen molar-refractivity contribution in [3.05, 3.63) is 46.6 Å². The maximum Gasteiger partial charge on any atom is 0.242 e. The van der Waals surface area contributed by atoms with Gasteiger partial charge in [-0.15, -0.1) is 22.6 Å². The van der Waals surface area contributed by atoms with Gasteiger partial charge in [-0.2, -0.15) is 4.52 Å². The molecule has 3 aromatic rings. The summed E-state index contributed by atoms with van der Waals surface area (Å²) in [5, 5.41) is 17.6. The van der Waals surface area contributed by atoms with Crippen molar-refractivity contribution in [1.29, 1.82) is 5.41 Å². The molecular weight excluding hydrogens is 494 g/mol. The molecule has 0 bridgehead atoms.